The number of tetrazole rings is 1. The lowest BCUT2D eigenvalue weighted by atomic mass is 10.1. The molecule has 7 heteroatoms. The van der Waals surface area contributed by atoms with Crippen LogP contribution in [0, 0.1) is 12.7 Å². The number of carboxylic acid groups (broad SMARTS) is 1. The number of aryl methyl sites for hydroxylation is 1. The van der Waals surface area contributed by atoms with Gasteiger partial charge in [-0.25, -0.2) is 13.9 Å². The Bertz CT molecular complexity index is 596. The largest absolute Gasteiger partial charge is 0.480 e. The fourth-order valence-electron chi connectivity index (χ4n) is 1.55. The van der Waals surface area contributed by atoms with Crippen LogP contribution in [0.5, 0.6) is 0 Å². The molecule has 0 saturated heterocycles. The normalized spacial score (nSPS) is 12.4. The average Bonchev–Trinajstić information content (AvgIpc) is 2.80. The van der Waals surface area contributed by atoms with Crippen molar-refractivity contribution in [3.05, 3.63) is 29.6 Å². The number of carboxylic acids is 1. The molecule has 6 nitrogen and oxygen atoms in total. The van der Waals surface area contributed by atoms with Crippen LogP contribution in [0.3, 0.4) is 0 Å². The van der Waals surface area contributed by atoms with Gasteiger partial charge in [0, 0.05) is 0 Å². The van der Waals surface area contributed by atoms with Crippen molar-refractivity contribution in [2.75, 3.05) is 0 Å². The highest BCUT2D eigenvalue weighted by Crippen LogP contribution is 2.23. The molecule has 1 unspecified atom stereocenters. The number of nitrogens with zero attached hydrogens (tertiary/aromatic N) is 4. The number of hydrogen-bond donors (Lipinski definition) is 1. The van der Waals surface area contributed by atoms with E-state index in [1.54, 1.807) is 19.1 Å². The molecule has 1 aromatic carbocycles. The van der Waals surface area contributed by atoms with Gasteiger partial charge in [0.25, 0.3) is 0 Å². The van der Waals surface area contributed by atoms with E-state index in [1.165, 1.54) is 13.0 Å². The molecule has 0 fully saturated rings. The molecule has 0 amide bonds. The third-order valence-electron chi connectivity index (χ3n) is 2.58. The monoisotopic (exact) mass is 250 g/mol. The molecule has 0 aliphatic rings. The minimum atomic E-state index is -1.09. The third kappa shape index (κ3) is 2.06. The number of benzene rings is 1. The summed E-state index contributed by atoms with van der Waals surface area (Å²) in [5, 5.41) is 19.6. The van der Waals surface area contributed by atoms with Crippen LogP contribution in [0.15, 0.2) is 18.2 Å². The zero-order valence-electron chi connectivity index (χ0n) is 9.83. The molecule has 2 aromatic rings. The van der Waals surface area contributed by atoms with Crippen molar-refractivity contribution >= 4 is 5.97 Å². The quantitative estimate of drug-likeness (QED) is 0.891. The first-order valence-electron chi connectivity index (χ1n) is 5.28. The number of halogens is 1. The molecule has 0 bridgehead atoms. The SMILES string of the molecule is Cc1ccc(F)c(-c2nnnn2C(C)C(=O)O)c1. The second kappa shape index (κ2) is 4.52. The van der Waals surface area contributed by atoms with Crippen LogP contribution in [0.25, 0.3) is 11.4 Å². The Morgan fingerprint density at radius 3 is 2.89 bits per heavy atom. The Labute approximate surface area is 102 Å². The molecule has 0 aliphatic carbocycles. The van der Waals surface area contributed by atoms with Gasteiger partial charge < -0.3 is 5.11 Å². The van der Waals surface area contributed by atoms with E-state index in [0.717, 1.165) is 10.2 Å². The molecule has 1 heterocycles. The first-order valence-corrected chi connectivity index (χ1v) is 5.28. The van der Waals surface area contributed by atoms with E-state index in [1.807, 2.05) is 0 Å². The van der Waals surface area contributed by atoms with Gasteiger partial charge in [0.2, 0.25) is 0 Å². The zero-order valence-corrected chi connectivity index (χ0v) is 9.83. The van der Waals surface area contributed by atoms with Gasteiger partial charge in [-0.05, 0) is 36.4 Å². The molecule has 18 heavy (non-hydrogen) atoms. The summed E-state index contributed by atoms with van der Waals surface area (Å²) in [6.07, 6.45) is 0. The molecule has 0 saturated carbocycles. The molecule has 94 valence electrons. The Balaban J connectivity index is 2.55. The Hall–Kier alpha value is -2.31. The van der Waals surface area contributed by atoms with Crippen LogP contribution < -0.4 is 0 Å². The predicted molar refractivity (Wildman–Crippen MR) is 60.3 cm³/mol. The lowest BCUT2D eigenvalue weighted by molar-refractivity contribution is -0.140. The van der Waals surface area contributed by atoms with Crippen LogP contribution in [-0.2, 0) is 4.79 Å². The van der Waals surface area contributed by atoms with Gasteiger partial charge in [-0.15, -0.1) is 5.10 Å². The first kappa shape index (κ1) is 12.2. The van der Waals surface area contributed by atoms with Crippen molar-refractivity contribution in [1.82, 2.24) is 20.2 Å². The molecular weight excluding hydrogens is 239 g/mol. The van der Waals surface area contributed by atoms with Crippen LogP contribution in [0.1, 0.15) is 18.5 Å². The number of carbonyl (C=O) groups is 1. The van der Waals surface area contributed by atoms with E-state index in [0.29, 0.717) is 0 Å². The highest BCUT2D eigenvalue weighted by molar-refractivity contribution is 5.72. The lowest BCUT2D eigenvalue weighted by Gasteiger charge is -2.09. The number of hydrogen-bond acceptors (Lipinski definition) is 4. The van der Waals surface area contributed by atoms with E-state index in [2.05, 4.69) is 15.5 Å². The molecular formula is C11H11FN4O2. The van der Waals surface area contributed by atoms with Crippen molar-refractivity contribution in [2.45, 2.75) is 19.9 Å². The highest BCUT2D eigenvalue weighted by atomic mass is 19.1. The Morgan fingerprint density at radius 1 is 1.50 bits per heavy atom. The van der Waals surface area contributed by atoms with Crippen LogP contribution >= 0.6 is 0 Å². The van der Waals surface area contributed by atoms with Gasteiger partial charge in [-0.3, -0.25) is 0 Å². The Kier molecular flexibility index (Phi) is 3.05. The minimum absolute atomic E-state index is 0.103. The van der Waals surface area contributed by atoms with Gasteiger partial charge in [0.1, 0.15) is 5.82 Å². The van der Waals surface area contributed by atoms with Crippen molar-refractivity contribution in [1.29, 1.82) is 0 Å². The summed E-state index contributed by atoms with van der Waals surface area (Å²) >= 11 is 0. The Morgan fingerprint density at radius 2 is 2.22 bits per heavy atom. The summed E-state index contributed by atoms with van der Waals surface area (Å²) in [6.45, 7) is 3.23. The molecule has 2 rings (SSSR count). The van der Waals surface area contributed by atoms with E-state index in [4.69, 9.17) is 5.11 Å². The average molecular weight is 250 g/mol. The van der Waals surface area contributed by atoms with Crippen LogP contribution in [0.4, 0.5) is 4.39 Å². The summed E-state index contributed by atoms with van der Waals surface area (Å²) in [5.74, 6) is -1.48. The fraction of sp³-hybridized carbons (Fsp3) is 0.273. The van der Waals surface area contributed by atoms with Gasteiger partial charge in [-0.1, -0.05) is 11.6 Å². The van der Waals surface area contributed by atoms with Gasteiger partial charge in [-0.2, -0.15) is 0 Å². The molecule has 0 radical (unpaired) electrons. The van der Waals surface area contributed by atoms with Crippen LogP contribution in [-0.4, -0.2) is 31.3 Å². The summed E-state index contributed by atoms with van der Waals surface area (Å²) in [7, 11) is 0. The maximum atomic E-state index is 13.7. The topological polar surface area (TPSA) is 80.9 Å². The van der Waals surface area contributed by atoms with Gasteiger partial charge >= 0.3 is 5.97 Å². The number of aliphatic carboxylic acids is 1. The second-order valence-corrected chi connectivity index (χ2v) is 3.94. The zero-order chi connectivity index (χ0) is 13.3. The smallest absolute Gasteiger partial charge is 0.328 e. The number of rotatable bonds is 3. The lowest BCUT2D eigenvalue weighted by Crippen LogP contribution is -2.18. The van der Waals surface area contributed by atoms with E-state index in [-0.39, 0.29) is 11.4 Å². The van der Waals surface area contributed by atoms with Crippen molar-refractivity contribution in [3.8, 4) is 11.4 Å². The summed E-state index contributed by atoms with van der Waals surface area (Å²) in [4.78, 5) is 10.9. The van der Waals surface area contributed by atoms with Crippen molar-refractivity contribution in [3.63, 3.8) is 0 Å². The first-order chi connectivity index (χ1) is 8.50. The molecule has 0 spiro atoms. The molecule has 0 aliphatic heterocycles. The maximum Gasteiger partial charge on any atom is 0.328 e. The van der Waals surface area contributed by atoms with Crippen LogP contribution in [0.2, 0.25) is 0 Å². The summed E-state index contributed by atoms with van der Waals surface area (Å²) in [6, 6.07) is 3.53. The summed E-state index contributed by atoms with van der Waals surface area (Å²) < 4.78 is 14.8. The maximum absolute atomic E-state index is 13.7. The molecule has 1 N–H and O–H groups in total. The fourth-order valence-corrected chi connectivity index (χ4v) is 1.55. The summed E-state index contributed by atoms with van der Waals surface area (Å²) in [5.41, 5.74) is 1.03. The molecule has 1 atom stereocenters. The van der Waals surface area contributed by atoms with Gasteiger partial charge in [0.05, 0.1) is 5.56 Å². The third-order valence-corrected chi connectivity index (χ3v) is 2.58. The number of aromatic nitrogens is 4. The van der Waals surface area contributed by atoms with Crippen molar-refractivity contribution in [2.24, 2.45) is 0 Å². The second-order valence-electron chi connectivity index (χ2n) is 3.94. The molecule has 1 aromatic heterocycles. The van der Waals surface area contributed by atoms with E-state index in [9.17, 15) is 9.18 Å². The van der Waals surface area contributed by atoms with Gasteiger partial charge in [0.15, 0.2) is 11.9 Å². The standard InChI is InChI=1S/C11H11FN4O2/c1-6-3-4-9(12)8(5-6)10-13-14-15-16(10)7(2)11(17)18/h3-5,7H,1-2H3,(H,17,18). The van der Waals surface area contributed by atoms with E-state index >= 15 is 0 Å². The van der Waals surface area contributed by atoms with Crippen molar-refractivity contribution < 1.29 is 14.3 Å². The van der Waals surface area contributed by atoms with E-state index < -0.39 is 17.8 Å². The highest BCUT2D eigenvalue weighted by Gasteiger charge is 2.21. The predicted octanol–water partition coefficient (Wildman–Crippen LogP) is 1.43. The minimum Gasteiger partial charge on any atom is -0.480 e.